The molecule has 0 aromatic heterocycles. The summed E-state index contributed by atoms with van der Waals surface area (Å²) in [5, 5.41) is 0. The maximum Gasteiger partial charge on any atom is 0.178 e. The predicted molar refractivity (Wildman–Crippen MR) is 67.8 cm³/mol. The summed E-state index contributed by atoms with van der Waals surface area (Å²) in [6.45, 7) is 1.96. The number of rotatable bonds is 2. The highest BCUT2D eigenvalue weighted by Crippen LogP contribution is 2.22. The van der Waals surface area contributed by atoms with Crippen LogP contribution < -0.4 is 5.73 Å². The second-order valence-corrected chi connectivity index (χ2v) is 5.72. The van der Waals surface area contributed by atoms with Crippen molar-refractivity contribution in [3.63, 3.8) is 0 Å². The molecule has 1 aliphatic carbocycles. The number of aryl methyl sites for hydroxylation is 1. The molecule has 4 heteroatoms. The van der Waals surface area contributed by atoms with E-state index in [1.165, 1.54) is 24.3 Å². The van der Waals surface area contributed by atoms with E-state index in [2.05, 4.69) is 0 Å². The highest BCUT2D eigenvalue weighted by Gasteiger charge is 2.29. The Bertz CT molecular complexity index is 513. The SMILES string of the molecule is Cc1ccc(S(=O)C2(N)C=CC(=O)C=C2)cc1. The van der Waals surface area contributed by atoms with Crippen molar-refractivity contribution < 1.29 is 9.00 Å². The Hall–Kier alpha value is -1.52. The quantitative estimate of drug-likeness (QED) is 0.860. The van der Waals surface area contributed by atoms with E-state index in [1.54, 1.807) is 12.1 Å². The van der Waals surface area contributed by atoms with Crippen LogP contribution in [0, 0.1) is 6.92 Å². The minimum atomic E-state index is -1.41. The molecule has 0 radical (unpaired) electrons. The van der Waals surface area contributed by atoms with Gasteiger partial charge in [0, 0.05) is 4.90 Å². The fourth-order valence-electron chi connectivity index (χ4n) is 1.53. The van der Waals surface area contributed by atoms with Crippen LogP contribution in [0.15, 0.2) is 53.5 Å². The minimum absolute atomic E-state index is 0.132. The van der Waals surface area contributed by atoms with Crippen molar-refractivity contribution >= 4 is 16.6 Å². The van der Waals surface area contributed by atoms with Crippen LogP contribution in [0.3, 0.4) is 0 Å². The fraction of sp³-hybridized carbons (Fsp3) is 0.154. The number of carbonyl (C=O) groups is 1. The summed E-state index contributed by atoms with van der Waals surface area (Å²) in [5.74, 6) is -0.132. The number of nitrogens with two attached hydrogens (primary N) is 1. The molecule has 2 N–H and O–H groups in total. The minimum Gasteiger partial charge on any atom is -0.308 e. The Morgan fingerprint density at radius 1 is 1.12 bits per heavy atom. The molecule has 88 valence electrons. The highest BCUT2D eigenvalue weighted by atomic mass is 32.2. The first-order valence-corrected chi connectivity index (χ1v) is 6.36. The largest absolute Gasteiger partial charge is 0.308 e. The normalized spacial score (nSPS) is 19.3. The van der Waals surface area contributed by atoms with Crippen molar-refractivity contribution in [3.05, 3.63) is 54.1 Å². The second-order valence-electron chi connectivity index (χ2n) is 4.00. The molecule has 17 heavy (non-hydrogen) atoms. The predicted octanol–water partition coefficient (Wildman–Crippen LogP) is 1.45. The molecule has 0 spiro atoms. The fourth-order valence-corrected chi connectivity index (χ4v) is 2.70. The Balaban J connectivity index is 2.32. The average molecular weight is 247 g/mol. The molecule has 0 saturated heterocycles. The van der Waals surface area contributed by atoms with Gasteiger partial charge in [0.25, 0.3) is 0 Å². The molecular formula is C13H13NO2S. The monoisotopic (exact) mass is 247 g/mol. The summed E-state index contributed by atoms with van der Waals surface area (Å²) in [7, 11) is -1.41. The Kier molecular flexibility index (Phi) is 3.09. The zero-order valence-electron chi connectivity index (χ0n) is 9.42. The van der Waals surface area contributed by atoms with Crippen molar-refractivity contribution in [3.8, 4) is 0 Å². The maximum atomic E-state index is 12.3. The summed E-state index contributed by atoms with van der Waals surface area (Å²) in [6.07, 6.45) is 5.69. The van der Waals surface area contributed by atoms with Crippen LogP contribution in [0.5, 0.6) is 0 Å². The van der Waals surface area contributed by atoms with Crippen LogP contribution >= 0.6 is 0 Å². The zero-order chi connectivity index (χ0) is 12.5. The van der Waals surface area contributed by atoms with E-state index in [9.17, 15) is 9.00 Å². The average Bonchev–Trinajstić information content (AvgIpc) is 2.33. The molecule has 3 nitrogen and oxygen atoms in total. The smallest absolute Gasteiger partial charge is 0.178 e. The van der Waals surface area contributed by atoms with Gasteiger partial charge in [-0.3, -0.25) is 9.00 Å². The Labute approximate surface area is 102 Å². The molecule has 0 heterocycles. The van der Waals surface area contributed by atoms with Crippen LogP contribution in [0.2, 0.25) is 0 Å². The molecule has 0 bridgehead atoms. The van der Waals surface area contributed by atoms with E-state index < -0.39 is 15.7 Å². The maximum absolute atomic E-state index is 12.3. The number of hydrogen-bond acceptors (Lipinski definition) is 3. The number of allylic oxidation sites excluding steroid dienone is 2. The lowest BCUT2D eigenvalue weighted by molar-refractivity contribution is -0.110. The van der Waals surface area contributed by atoms with Gasteiger partial charge in [0.15, 0.2) is 5.78 Å². The van der Waals surface area contributed by atoms with Crippen molar-refractivity contribution in [1.82, 2.24) is 0 Å². The number of carbonyl (C=O) groups excluding carboxylic acids is 1. The molecule has 1 atom stereocenters. The van der Waals surface area contributed by atoms with Gasteiger partial charge in [0.2, 0.25) is 0 Å². The number of ketones is 1. The highest BCUT2D eigenvalue weighted by molar-refractivity contribution is 7.86. The first-order valence-electron chi connectivity index (χ1n) is 5.21. The van der Waals surface area contributed by atoms with Crippen molar-refractivity contribution in [2.24, 2.45) is 5.73 Å². The molecule has 1 aliphatic rings. The van der Waals surface area contributed by atoms with Crippen LogP contribution in [0.25, 0.3) is 0 Å². The first-order chi connectivity index (χ1) is 8.01. The molecule has 1 aromatic rings. The molecule has 0 aliphatic heterocycles. The summed E-state index contributed by atoms with van der Waals surface area (Å²) in [4.78, 5) is 10.6. The van der Waals surface area contributed by atoms with Gasteiger partial charge in [-0.25, -0.2) is 0 Å². The third-order valence-electron chi connectivity index (χ3n) is 2.57. The first kappa shape index (κ1) is 12.0. The third kappa shape index (κ3) is 2.43. The molecule has 2 rings (SSSR count). The van der Waals surface area contributed by atoms with Crippen molar-refractivity contribution in [1.29, 1.82) is 0 Å². The van der Waals surface area contributed by atoms with Gasteiger partial charge in [-0.2, -0.15) is 0 Å². The van der Waals surface area contributed by atoms with Gasteiger partial charge >= 0.3 is 0 Å². The topological polar surface area (TPSA) is 60.2 Å². The Morgan fingerprint density at radius 2 is 1.65 bits per heavy atom. The van der Waals surface area contributed by atoms with Crippen molar-refractivity contribution in [2.45, 2.75) is 16.7 Å². The lowest BCUT2D eigenvalue weighted by atomic mass is 10.1. The zero-order valence-corrected chi connectivity index (χ0v) is 10.2. The standard InChI is InChI=1S/C13H13NO2S/c1-10-2-4-12(5-3-10)17(16)13(14)8-6-11(15)7-9-13/h2-9H,14H2,1H3. The molecule has 0 saturated carbocycles. The van der Waals surface area contributed by atoms with Gasteiger partial charge in [-0.15, -0.1) is 0 Å². The molecule has 1 aromatic carbocycles. The molecule has 1 unspecified atom stereocenters. The lowest BCUT2D eigenvalue weighted by Gasteiger charge is -2.23. The Morgan fingerprint density at radius 3 is 2.18 bits per heavy atom. The molecular weight excluding hydrogens is 234 g/mol. The van der Waals surface area contributed by atoms with Gasteiger partial charge < -0.3 is 5.73 Å². The molecule has 0 fully saturated rings. The van der Waals surface area contributed by atoms with E-state index in [0.717, 1.165) is 5.56 Å². The summed E-state index contributed by atoms with van der Waals surface area (Å²) in [5.41, 5.74) is 7.11. The van der Waals surface area contributed by atoms with Crippen LogP contribution in [-0.4, -0.2) is 14.9 Å². The number of benzene rings is 1. The second kappa shape index (κ2) is 4.39. The summed E-state index contributed by atoms with van der Waals surface area (Å²) >= 11 is 0. The van der Waals surface area contributed by atoms with Gasteiger partial charge in [-0.1, -0.05) is 17.7 Å². The van der Waals surface area contributed by atoms with E-state index in [4.69, 9.17) is 5.73 Å². The van der Waals surface area contributed by atoms with Crippen LogP contribution in [0.1, 0.15) is 5.56 Å². The number of hydrogen-bond donors (Lipinski definition) is 1. The summed E-state index contributed by atoms with van der Waals surface area (Å²) in [6, 6.07) is 7.35. The van der Waals surface area contributed by atoms with E-state index in [1.807, 2.05) is 19.1 Å². The van der Waals surface area contributed by atoms with Gasteiger partial charge in [0.1, 0.15) is 4.87 Å². The summed E-state index contributed by atoms with van der Waals surface area (Å²) < 4.78 is 12.3. The van der Waals surface area contributed by atoms with Crippen LogP contribution in [0.4, 0.5) is 0 Å². The third-order valence-corrected chi connectivity index (χ3v) is 4.19. The van der Waals surface area contributed by atoms with Crippen LogP contribution in [-0.2, 0) is 15.6 Å². The van der Waals surface area contributed by atoms with Gasteiger partial charge in [-0.05, 0) is 43.4 Å². The van der Waals surface area contributed by atoms with E-state index in [-0.39, 0.29) is 5.78 Å². The van der Waals surface area contributed by atoms with Gasteiger partial charge in [0.05, 0.1) is 10.8 Å². The van der Waals surface area contributed by atoms with Crippen molar-refractivity contribution in [2.75, 3.05) is 0 Å². The van der Waals surface area contributed by atoms with E-state index >= 15 is 0 Å². The van der Waals surface area contributed by atoms with E-state index in [0.29, 0.717) is 4.90 Å². The lowest BCUT2D eigenvalue weighted by Crippen LogP contribution is -2.41. The molecule has 0 amide bonds.